The van der Waals surface area contributed by atoms with E-state index in [0.717, 1.165) is 222 Å². The Morgan fingerprint density at radius 2 is 0.418 bits per heavy atom. The summed E-state index contributed by atoms with van der Waals surface area (Å²) < 4.78 is 33.7. The van der Waals surface area contributed by atoms with E-state index in [9.17, 15) is 43.2 Å². The molecule has 0 saturated heterocycles. The lowest BCUT2D eigenvalue weighted by Crippen LogP contribution is -2.40. The highest BCUT2D eigenvalue weighted by Gasteiger charge is 2.28. The summed E-state index contributed by atoms with van der Waals surface area (Å²) in [6.45, 7) is 20.9. The molecule has 0 aliphatic carbocycles. The number of carbonyl (C=O) groups is 9. The second-order valence-corrected chi connectivity index (χ2v) is 36.7. The van der Waals surface area contributed by atoms with Crippen LogP contribution in [-0.4, -0.2) is 238 Å². The van der Waals surface area contributed by atoms with E-state index in [2.05, 4.69) is 62.3 Å². The first-order valence-electron chi connectivity index (χ1n) is 48.7. The Morgan fingerprint density at radius 1 is 0.238 bits per heavy atom. The Labute approximate surface area is 759 Å². The molecule has 0 aliphatic rings. The maximum absolute atomic E-state index is 13.1. The molecule has 24 heteroatoms. The van der Waals surface area contributed by atoms with Crippen molar-refractivity contribution in [1.29, 1.82) is 0 Å². The number of ether oxygens (including phenoxy) is 6. The van der Waals surface area contributed by atoms with Crippen molar-refractivity contribution in [3.8, 4) is 0 Å². The molecule has 0 rings (SSSR count). The summed E-state index contributed by atoms with van der Waals surface area (Å²) in [5.41, 5.74) is 0. The molecule has 0 N–H and O–H groups in total. The van der Waals surface area contributed by atoms with Gasteiger partial charge in [-0.15, -0.1) is 0 Å². The molecular formula is C98H184N6O15S3. The summed E-state index contributed by atoms with van der Waals surface area (Å²) in [6.07, 6.45) is 67.3. The van der Waals surface area contributed by atoms with E-state index in [0.29, 0.717) is 17.3 Å². The summed E-state index contributed by atoms with van der Waals surface area (Å²) >= 11 is 3.34. The monoisotopic (exact) mass is 1780 g/mol. The zero-order valence-electron chi connectivity index (χ0n) is 80.7. The van der Waals surface area contributed by atoms with Crippen LogP contribution in [0.15, 0.2) is 36.5 Å². The molecule has 0 aromatic rings. The second kappa shape index (κ2) is 92.6. The van der Waals surface area contributed by atoms with Gasteiger partial charge in [-0.25, -0.2) is 0 Å². The van der Waals surface area contributed by atoms with Crippen LogP contribution in [-0.2, 0) is 57.2 Å². The zero-order chi connectivity index (χ0) is 91.0. The first-order valence-corrected chi connectivity index (χ1v) is 51.7. The molecule has 1 atom stereocenters. The fourth-order valence-electron chi connectivity index (χ4n) is 13.0. The number of carbonyl (C=O) groups excluding carboxylic acids is 9. The van der Waals surface area contributed by atoms with Crippen LogP contribution in [0.1, 0.15) is 383 Å². The minimum atomic E-state index is -0.521. The van der Waals surface area contributed by atoms with Gasteiger partial charge in [0, 0.05) is 36.9 Å². The summed E-state index contributed by atoms with van der Waals surface area (Å²) in [5.74, 6) is -1.17. The van der Waals surface area contributed by atoms with E-state index < -0.39 is 35.8 Å². The van der Waals surface area contributed by atoms with Crippen LogP contribution in [0.3, 0.4) is 0 Å². The molecule has 0 aromatic heterocycles. The van der Waals surface area contributed by atoms with E-state index in [-0.39, 0.29) is 93.1 Å². The average Bonchev–Trinajstić information content (AvgIpc) is 0.905. The van der Waals surface area contributed by atoms with Gasteiger partial charge < -0.3 is 57.8 Å². The third-order valence-corrected chi connectivity index (χ3v) is 23.3. The number of unbranched alkanes of at least 4 members (excludes halogenated alkanes) is 35. The average molecular weight is 1780 g/mol. The smallest absolute Gasteiger partial charge is 0.326 e. The lowest BCUT2D eigenvalue weighted by atomic mass is 10.0. The van der Waals surface area contributed by atoms with Gasteiger partial charge in [0.15, 0.2) is 0 Å². The molecule has 21 nitrogen and oxygen atoms in total. The van der Waals surface area contributed by atoms with Gasteiger partial charge in [-0.3, -0.25) is 43.2 Å². The topological polar surface area (TPSA) is 228 Å². The van der Waals surface area contributed by atoms with Crippen LogP contribution < -0.4 is 0 Å². The molecule has 0 heterocycles. The summed E-state index contributed by atoms with van der Waals surface area (Å²) in [4.78, 5) is 125. The fourth-order valence-corrected chi connectivity index (χ4v) is 15.9. The lowest BCUT2D eigenvalue weighted by molar-refractivity contribution is -0.153. The van der Waals surface area contributed by atoms with E-state index in [1.807, 2.05) is 93.4 Å². The maximum Gasteiger partial charge on any atom is 0.326 e. The van der Waals surface area contributed by atoms with Crippen LogP contribution in [0.5, 0.6) is 0 Å². The van der Waals surface area contributed by atoms with Crippen molar-refractivity contribution >= 4 is 86.8 Å². The van der Waals surface area contributed by atoms with Gasteiger partial charge >= 0.3 is 35.8 Å². The van der Waals surface area contributed by atoms with Crippen LogP contribution in [0, 0.1) is 0 Å². The van der Waals surface area contributed by atoms with Crippen molar-refractivity contribution < 1.29 is 71.6 Å². The van der Waals surface area contributed by atoms with Crippen molar-refractivity contribution in [2.75, 3.05) is 138 Å². The van der Waals surface area contributed by atoms with Gasteiger partial charge in [0.2, 0.25) is 0 Å². The third-order valence-electron chi connectivity index (χ3n) is 20.6. The second-order valence-electron chi connectivity index (χ2n) is 33.5. The fraction of sp³-hybridized carbons (Fsp3) is 0.847. The van der Waals surface area contributed by atoms with Gasteiger partial charge in [-0.1, -0.05) is 340 Å². The molecule has 0 aliphatic heterocycles. The Bertz CT molecular complexity index is 2560. The normalized spacial score (nSPS) is 11.7. The van der Waals surface area contributed by atoms with E-state index in [1.165, 1.54) is 169 Å². The number of esters is 6. The van der Waals surface area contributed by atoms with Gasteiger partial charge in [0.25, 0.3) is 15.7 Å². The highest BCUT2D eigenvalue weighted by Crippen LogP contribution is 2.23. The minimum Gasteiger partial charge on any atom is -0.461 e. The number of allylic oxidation sites excluding steroid dienone is 3. The molecule has 0 fully saturated rings. The number of rotatable bonds is 80. The van der Waals surface area contributed by atoms with Crippen molar-refractivity contribution in [3.05, 3.63) is 36.5 Å². The number of thioether (sulfide) groups is 3. The highest BCUT2D eigenvalue weighted by molar-refractivity contribution is 8.14. The highest BCUT2D eigenvalue weighted by atomic mass is 32.2. The van der Waals surface area contributed by atoms with Crippen molar-refractivity contribution in [1.82, 2.24) is 29.4 Å². The number of amides is 3. The Balaban J connectivity index is -0.00000175. The molecule has 3 amide bonds. The predicted octanol–water partition coefficient (Wildman–Crippen LogP) is 24.8. The lowest BCUT2D eigenvalue weighted by Gasteiger charge is -2.23. The van der Waals surface area contributed by atoms with E-state index in [1.54, 1.807) is 0 Å². The molecule has 0 radical (unpaired) electrons. The standard InChI is InChI=1S/C35H66N2O5S.C34H64N2O5S.C29H54N2O5S/c1-6-9-12-15-18-21-24-28-41-33(38)30-37(35(40)43-29-27-36(4)5)31-34(39)42-32(25-22-19-16-13-10-7-2)26-23-20-17-14-11-8-3;1-6-9-12-15-17-20-23-27-40-32(37)29-36(34(39)42-28-26-35(4)5)30-33(38)41-31(24-21-18-14-11-8-3)25-22-19-16-13-10-7-2;1-6-9-12-13-14-15-18-22-35-27(32)24-31(29(34)37-23-21-30(4)5)25-28(33)36-26(19-16-10-7-2)20-17-11-8-3/h21,24,32H,6-20,22-23,25-31H2,1-5H3;20,23,31H,6-19,21-22,24-30H2,1-5H3;15,18,26H,6-14,16-17,19-25H2,1-5H3/b24-21-;23-20-;18-15-. The molecule has 0 saturated carbocycles. The van der Waals surface area contributed by atoms with Crippen LogP contribution in [0.4, 0.5) is 14.4 Å². The van der Waals surface area contributed by atoms with Crippen molar-refractivity contribution in [2.45, 2.75) is 402 Å². The molecule has 0 aromatic carbocycles. The minimum absolute atomic E-state index is 0.140. The maximum atomic E-state index is 13.1. The van der Waals surface area contributed by atoms with Crippen LogP contribution >= 0.6 is 35.3 Å². The number of hydrogen-bond donors (Lipinski definition) is 0. The van der Waals surface area contributed by atoms with Gasteiger partial charge in [0.1, 0.15) is 77.4 Å². The Kier molecular flexibility index (Phi) is 92.2. The van der Waals surface area contributed by atoms with Crippen molar-refractivity contribution in [3.63, 3.8) is 0 Å². The predicted molar refractivity (Wildman–Crippen MR) is 516 cm³/mol. The summed E-state index contributed by atoms with van der Waals surface area (Å²) in [5, 5.41) is -0.911. The summed E-state index contributed by atoms with van der Waals surface area (Å²) in [7, 11) is 11.7. The Hall–Kier alpha value is -4.62. The van der Waals surface area contributed by atoms with Gasteiger partial charge in [-0.05, 0) is 158 Å². The third kappa shape index (κ3) is 86.1. The van der Waals surface area contributed by atoms with Crippen molar-refractivity contribution in [2.24, 2.45) is 0 Å². The first kappa shape index (κ1) is 122. The molecule has 1 unspecified atom stereocenters. The summed E-state index contributed by atoms with van der Waals surface area (Å²) in [6, 6.07) is 0. The van der Waals surface area contributed by atoms with Crippen LogP contribution in [0.25, 0.3) is 0 Å². The quantitative estimate of drug-likeness (QED) is 0.0238. The number of hydrogen-bond acceptors (Lipinski definition) is 21. The van der Waals surface area contributed by atoms with Gasteiger partial charge in [0.05, 0.1) is 0 Å². The molecule has 122 heavy (non-hydrogen) atoms. The van der Waals surface area contributed by atoms with E-state index >= 15 is 0 Å². The van der Waals surface area contributed by atoms with E-state index in [4.69, 9.17) is 28.4 Å². The molecular weight excluding hydrogens is 1600 g/mol. The molecule has 714 valence electrons. The Morgan fingerprint density at radius 3 is 0.631 bits per heavy atom. The number of nitrogens with zero attached hydrogens (tertiary/aromatic N) is 6. The molecule has 0 spiro atoms. The zero-order valence-corrected chi connectivity index (χ0v) is 83.1. The largest absolute Gasteiger partial charge is 0.461 e. The van der Waals surface area contributed by atoms with Crippen LogP contribution in [0.2, 0.25) is 0 Å². The molecule has 0 bridgehead atoms. The van der Waals surface area contributed by atoms with Gasteiger partial charge in [-0.2, -0.15) is 0 Å². The SMILES string of the molecule is CCCCCC/C=C\COC(=O)CN(CC(=O)OC(CCCCC)CCCCC)C(=O)SCCN(C)C.CCCCCC/C=C\COC(=O)CN(CC(=O)OC(CCCCCCC)CCCCCCCC)C(=O)SCCN(C)C.CCCCCC/C=C\COC(=O)CN(CC(=O)OC(CCCCCCCC)CCCCCCCC)C(=O)SCCN(C)C. The first-order chi connectivity index (χ1) is 59.0.